The predicted octanol–water partition coefficient (Wildman–Crippen LogP) is 2.45. The van der Waals surface area contributed by atoms with Crippen molar-refractivity contribution in [2.24, 2.45) is 0 Å². The van der Waals surface area contributed by atoms with Crippen molar-refractivity contribution in [1.29, 1.82) is 0 Å². The van der Waals surface area contributed by atoms with Gasteiger partial charge in [0, 0.05) is 12.6 Å². The van der Waals surface area contributed by atoms with E-state index in [0.717, 1.165) is 23.3 Å². The Hall–Kier alpha value is -1.88. The van der Waals surface area contributed by atoms with Gasteiger partial charge in [-0.1, -0.05) is 49.4 Å². The maximum atomic E-state index is 9.91. The van der Waals surface area contributed by atoms with Crippen LogP contribution in [0, 0.1) is 0 Å². The van der Waals surface area contributed by atoms with Crippen LogP contribution in [-0.2, 0) is 0 Å². The third-order valence-electron chi connectivity index (χ3n) is 3.76. The molecule has 0 fully saturated rings. The summed E-state index contributed by atoms with van der Waals surface area (Å²) >= 11 is 0. The zero-order valence-corrected chi connectivity index (χ0v) is 13.5. The summed E-state index contributed by atoms with van der Waals surface area (Å²) in [7, 11) is 0. The van der Waals surface area contributed by atoms with Crippen LogP contribution >= 0.6 is 0 Å². The molecule has 0 unspecified atom stereocenters. The summed E-state index contributed by atoms with van der Waals surface area (Å²) in [5.74, 6) is 0.734. The van der Waals surface area contributed by atoms with Crippen LogP contribution in [0.5, 0.6) is 5.75 Å². The molecule has 0 spiro atoms. The van der Waals surface area contributed by atoms with Gasteiger partial charge < -0.3 is 20.3 Å². The highest BCUT2D eigenvalue weighted by atomic mass is 16.5. The van der Waals surface area contributed by atoms with E-state index >= 15 is 0 Å². The molecule has 4 nitrogen and oxygen atoms in total. The molecule has 0 radical (unpaired) electrons. The van der Waals surface area contributed by atoms with Crippen molar-refractivity contribution in [3.63, 3.8) is 0 Å². The van der Waals surface area contributed by atoms with E-state index < -0.39 is 6.10 Å². The first-order valence-corrected chi connectivity index (χ1v) is 8.03. The molecule has 0 aliphatic rings. The number of hydrogen-bond donors (Lipinski definition) is 3. The second kappa shape index (κ2) is 9.30. The molecular weight excluding hydrogens is 290 g/mol. The summed E-state index contributed by atoms with van der Waals surface area (Å²) < 4.78 is 5.61. The number of hydrogen-bond acceptors (Lipinski definition) is 4. The smallest absolute Gasteiger partial charge is 0.119 e. The molecule has 4 heteroatoms. The molecule has 2 aromatic carbocycles. The minimum Gasteiger partial charge on any atom is -0.491 e. The molecule has 0 saturated carbocycles. The predicted molar refractivity (Wildman–Crippen MR) is 92.5 cm³/mol. The summed E-state index contributed by atoms with van der Waals surface area (Å²) in [4.78, 5) is 0. The van der Waals surface area contributed by atoms with E-state index in [1.807, 2.05) is 49.4 Å². The van der Waals surface area contributed by atoms with Crippen LogP contribution in [0.4, 0.5) is 0 Å². The summed E-state index contributed by atoms with van der Waals surface area (Å²) in [6.07, 6.45) is 0.217. The topological polar surface area (TPSA) is 61.7 Å². The van der Waals surface area contributed by atoms with Gasteiger partial charge in [-0.2, -0.15) is 0 Å². The van der Waals surface area contributed by atoms with Crippen LogP contribution in [0.2, 0.25) is 0 Å². The van der Waals surface area contributed by atoms with E-state index in [-0.39, 0.29) is 19.3 Å². The summed E-state index contributed by atoms with van der Waals surface area (Å²) in [6, 6.07) is 18.0. The van der Waals surface area contributed by atoms with E-state index in [0.29, 0.717) is 6.54 Å². The normalized spacial score (nSPS) is 13.5. The quantitative estimate of drug-likeness (QED) is 0.665. The molecule has 0 heterocycles. The molecule has 0 saturated heterocycles. The molecule has 2 atom stereocenters. The van der Waals surface area contributed by atoms with Gasteiger partial charge >= 0.3 is 0 Å². The molecule has 124 valence electrons. The summed E-state index contributed by atoms with van der Waals surface area (Å²) in [6.45, 7) is 2.69. The Morgan fingerprint density at radius 2 is 1.65 bits per heavy atom. The van der Waals surface area contributed by atoms with Crippen LogP contribution in [0.15, 0.2) is 54.6 Å². The van der Waals surface area contributed by atoms with Crippen LogP contribution in [0.1, 0.15) is 13.3 Å². The average Bonchev–Trinajstić information content (AvgIpc) is 2.62. The lowest BCUT2D eigenvalue weighted by atomic mass is 10.1. The first-order chi connectivity index (χ1) is 11.2. The van der Waals surface area contributed by atoms with Crippen molar-refractivity contribution >= 4 is 0 Å². The lowest BCUT2D eigenvalue weighted by Crippen LogP contribution is -2.39. The van der Waals surface area contributed by atoms with Crippen molar-refractivity contribution in [3.8, 4) is 16.9 Å². The molecule has 23 heavy (non-hydrogen) atoms. The van der Waals surface area contributed by atoms with Gasteiger partial charge in [0.1, 0.15) is 18.5 Å². The maximum absolute atomic E-state index is 9.91. The van der Waals surface area contributed by atoms with Crippen LogP contribution in [0.3, 0.4) is 0 Å². The van der Waals surface area contributed by atoms with Gasteiger partial charge in [-0.05, 0) is 29.7 Å². The molecular formula is C19H25NO3. The molecule has 0 bridgehead atoms. The lowest BCUT2D eigenvalue weighted by molar-refractivity contribution is 0.0995. The fraction of sp³-hybridized carbons (Fsp3) is 0.368. The second-order valence-corrected chi connectivity index (χ2v) is 5.55. The van der Waals surface area contributed by atoms with Crippen molar-refractivity contribution in [1.82, 2.24) is 5.32 Å². The highest BCUT2D eigenvalue weighted by Gasteiger charge is 2.09. The number of aliphatic hydroxyl groups is 2. The first kappa shape index (κ1) is 17.5. The third kappa shape index (κ3) is 5.67. The Morgan fingerprint density at radius 3 is 2.26 bits per heavy atom. The number of rotatable bonds is 9. The molecule has 0 aliphatic heterocycles. The standard InChI is InChI=1S/C19H25NO3/c1-2-17(13-21)20-12-18(22)14-23-19-10-8-16(9-11-19)15-6-4-3-5-7-15/h3-11,17-18,20-22H,2,12-14H2,1H3/t17-,18-/m0/s1. The summed E-state index contributed by atoms with van der Waals surface area (Å²) in [5.41, 5.74) is 2.30. The number of nitrogens with one attached hydrogen (secondary N) is 1. The maximum Gasteiger partial charge on any atom is 0.119 e. The molecule has 0 amide bonds. The Balaban J connectivity index is 1.80. The van der Waals surface area contributed by atoms with Crippen LogP contribution in [-0.4, -0.2) is 42.1 Å². The van der Waals surface area contributed by atoms with E-state index in [9.17, 15) is 5.11 Å². The van der Waals surface area contributed by atoms with Gasteiger partial charge in [0.15, 0.2) is 0 Å². The highest BCUT2D eigenvalue weighted by Crippen LogP contribution is 2.22. The fourth-order valence-electron chi connectivity index (χ4n) is 2.27. The monoisotopic (exact) mass is 315 g/mol. The minimum atomic E-state index is -0.607. The van der Waals surface area contributed by atoms with E-state index in [4.69, 9.17) is 9.84 Å². The zero-order chi connectivity index (χ0) is 16.5. The largest absolute Gasteiger partial charge is 0.491 e. The third-order valence-corrected chi connectivity index (χ3v) is 3.76. The Morgan fingerprint density at radius 1 is 1.00 bits per heavy atom. The minimum absolute atomic E-state index is 0.0230. The van der Waals surface area contributed by atoms with E-state index in [1.165, 1.54) is 0 Å². The average molecular weight is 315 g/mol. The van der Waals surface area contributed by atoms with E-state index in [2.05, 4.69) is 17.4 Å². The number of benzene rings is 2. The van der Waals surface area contributed by atoms with Gasteiger partial charge in [-0.25, -0.2) is 0 Å². The molecule has 2 aromatic rings. The first-order valence-electron chi connectivity index (χ1n) is 8.03. The van der Waals surface area contributed by atoms with Gasteiger partial charge in [0.05, 0.1) is 6.61 Å². The molecule has 0 aliphatic carbocycles. The Kier molecular flexibility index (Phi) is 7.07. The summed E-state index contributed by atoms with van der Waals surface area (Å²) in [5, 5.41) is 22.1. The number of ether oxygens (including phenoxy) is 1. The van der Waals surface area contributed by atoms with Gasteiger partial charge in [0.25, 0.3) is 0 Å². The molecule has 0 aromatic heterocycles. The second-order valence-electron chi connectivity index (χ2n) is 5.55. The van der Waals surface area contributed by atoms with Gasteiger partial charge in [-0.3, -0.25) is 0 Å². The number of aliphatic hydroxyl groups excluding tert-OH is 2. The SMILES string of the molecule is CC[C@@H](CO)NC[C@H](O)COc1ccc(-c2ccccc2)cc1. The lowest BCUT2D eigenvalue weighted by Gasteiger charge is -2.18. The van der Waals surface area contributed by atoms with Crippen molar-refractivity contribution in [2.45, 2.75) is 25.5 Å². The van der Waals surface area contributed by atoms with Crippen LogP contribution in [0.25, 0.3) is 11.1 Å². The molecule has 2 rings (SSSR count). The molecule has 3 N–H and O–H groups in total. The van der Waals surface area contributed by atoms with Crippen molar-refractivity contribution in [3.05, 3.63) is 54.6 Å². The van der Waals surface area contributed by atoms with Crippen molar-refractivity contribution < 1.29 is 14.9 Å². The van der Waals surface area contributed by atoms with Gasteiger partial charge in [-0.15, -0.1) is 0 Å². The fourth-order valence-corrected chi connectivity index (χ4v) is 2.27. The Bertz CT molecular complexity index is 553. The highest BCUT2D eigenvalue weighted by molar-refractivity contribution is 5.63. The van der Waals surface area contributed by atoms with E-state index in [1.54, 1.807) is 0 Å². The zero-order valence-electron chi connectivity index (χ0n) is 13.5. The van der Waals surface area contributed by atoms with Crippen molar-refractivity contribution in [2.75, 3.05) is 19.8 Å². The van der Waals surface area contributed by atoms with Gasteiger partial charge in [0.2, 0.25) is 0 Å². The van der Waals surface area contributed by atoms with Crippen LogP contribution < -0.4 is 10.1 Å². The Labute approximate surface area is 137 Å².